The second-order valence-electron chi connectivity index (χ2n) is 5.42. The van der Waals surface area contributed by atoms with Gasteiger partial charge in [0.1, 0.15) is 0 Å². The third-order valence-corrected chi connectivity index (χ3v) is 4.82. The topological polar surface area (TPSA) is 15.3 Å². The lowest BCUT2D eigenvalue weighted by Crippen LogP contribution is -2.45. The van der Waals surface area contributed by atoms with Crippen molar-refractivity contribution in [2.24, 2.45) is 11.8 Å². The van der Waals surface area contributed by atoms with Gasteiger partial charge < -0.3 is 10.2 Å². The van der Waals surface area contributed by atoms with E-state index in [2.05, 4.69) is 10.2 Å². The molecule has 0 amide bonds. The van der Waals surface area contributed by atoms with Crippen LogP contribution in [0.1, 0.15) is 38.5 Å². The van der Waals surface area contributed by atoms with Gasteiger partial charge in [0.05, 0.1) is 0 Å². The van der Waals surface area contributed by atoms with Crippen LogP contribution in [0.2, 0.25) is 0 Å². The molecule has 3 atom stereocenters. The quantitative estimate of drug-likeness (QED) is 0.687. The molecule has 84 valence electrons. The fraction of sp³-hybridized carbons (Fsp3) is 0.917. The van der Waals surface area contributed by atoms with Crippen LogP contribution < -0.4 is 5.32 Å². The van der Waals surface area contributed by atoms with Crippen LogP contribution in [0.25, 0.3) is 0 Å². The molecule has 1 N–H and O–H groups in total. The number of fused-ring (bicyclic) bond motifs is 2. The molecule has 3 rings (SSSR count). The average molecular weight is 224 g/mol. The van der Waals surface area contributed by atoms with Gasteiger partial charge in [-0.05, 0) is 56.2 Å². The second-order valence-corrected chi connectivity index (χ2v) is 5.81. The lowest BCUT2D eigenvalue weighted by molar-refractivity contribution is 0.375. The molecule has 1 heterocycles. The first-order valence-corrected chi connectivity index (χ1v) is 6.79. The van der Waals surface area contributed by atoms with E-state index in [9.17, 15) is 0 Å². The molecule has 0 aromatic rings. The summed E-state index contributed by atoms with van der Waals surface area (Å²) in [5, 5.41) is 4.64. The van der Waals surface area contributed by atoms with E-state index in [0.29, 0.717) is 6.04 Å². The van der Waals surface area contributed by atoms with E-state index in [4.69, 9.17) is 12.2 Å². The van der Waals surface area contributed by atoms with Crippen molar-refractivity contribution in [2.45, 2.75) is 44.6 Å². The Balaban J connectivity index is 1.54. The van der Waals surface area contributed by atoms with E-state index in [-0.39, 0.29) is 0 Å². The molecule has 3 fully saturated rings. The number of nitrogens with one attached hydrogen (secondary N) is 1. The van der Waals surface area contributed by atoms with Crippen molar-refractivity contribution in [1.82, 2.24) is 10.2 Å². The zero-order valence-electron chi connectivity index (χ0n) is 9.24. The molecule has 0 aromatic carbocycles. The highest BCUT2D eigenvalue weighted by Gasteiger charge is 2.40. The molecule has 1 saturated heterocycles. The van der Waals surface area contributed by atoms with E-state index in [1.165, 1.54) is 51.6 Å². The van der Waals surface area contributed by atoms with E-state index in [0.717, 1.165) is 16.9 Å². The molecular formula is C12H20N2S. The normalized spacial score (nSPS) is 38.7. The fourth-order valence-electron chi connectivity index (χ4n) is 3.59. The van der Waals surface area contributed by atoms with Crippen molar-refractivity contribution in [1.29, 1.82) is 0 Å². The smallest absolute Gasteiger partial charge is 0.169 e. The molecular weight excluding hydrogens is 204 g/mol. The summed E-state index contributed by atoms with van der Waals surface area (Å²) in [6.45, 7) is 2.35. The molecule has 0 spiro atoms. The van der Waals surface area contributed by atoms with Gasteiger partial charge in [0.25, 0.3) is 0 Å². The third kappa shape index (κ3) is 1.86. The van der Waals surface area contributed by atoms with Gasteiger partial charge in [-0.1, -0.05) is 6.42 Å². The van der Waals surface area contributed by atoms with Crippen molar-refractivity contribution in [3.63, 3.8) is 0 Å². The first kappa shape index (κ1) is 9.88. The summed E-state index contributed by atoms with van der Waals surface area (Å²) in [7, 11) is 0. The van der Waals surface area contributed by atoms with Crippen molar-refractivity contribution < 1.29 is 0 Å². The number of rotatable bonds is 1. The third-order valence-electron chi connectivity index (χ3n) is 4.44. The van der Waals surface area contributed by atoms with Crippen LogP contribution in [0.5, 0.6) is 0 Å². The van der Waals surface area contributed by atoms with E-state index >= 15 is 0 Å². The van der Waals surface area contributed by atoms with Crippen LogP contribution in [-0.2, 0) is 0 Å². The molecule has 0 radical (unpaired) electrons. The van der Waals surface area contributed by atoms with Gasteiger partial charge in [-0.2, -0.15) is 0 Å². The maximum absolute atomic E-state index is 5.48. The monoisotopic (exact) mass is 224 g/mol. The van der Waals surface area contributed by atoms with Gasteiger partial charge in [-0.25, -0.2) is 0 Å². The zero-order chi connectivity index (χ0) is 10.3. The molecule has 15 heavy (non-hydrogen) atoms. The van der Waals surface area contributed by atoms with Crippen molar-refractivity contribution in [3.8, 4) is 0 Å². The molecule has 1 aliphatic heterocycles. The lowest BCUT2D eigenvalue weighted by atomic mass is 9.95. The Morgan fingerprint density at radius 3 is 2.53 bits per heavy atom. The van der Waals surface area contributed by atoms with Crippen LogP contribution in [0.15, 0.2) is 0 Å². The molecule has 2 bridgehead atoms. The van der Waals surface area contributed by atoms with Crippen molar-refractivity contribution >= 4 is 17.3 Å². The summed E-state index contributed by atoms with van der Waals surface area (Å²) in [6, 6.07) is 0.705. The molecule has 0 aromatic heterocycles. The van der Waals surface area contributed by atoms with Gasteiger partial charge >= 0.3 is 0 Å². The molecule has 2 aliphatic carbocycles. The van der Waals surface area contributed by atoms with Crippen LogP contribution in [0.3, 0.4) is 0 Å². The average Bonchev–Trinajstić information content (AvgIpc) is 2.95. The van der Waals surface area contributed by atoms with Crippen molar-refractivity contribution in [3.05, 3.63) is 0 Å². The first-order valence-electron chi connectivity index (χ1n) is 6.38. The largest absolute Gasteiger partial charge is 0.360 e. The molecule has 2 saturated carbocycles. The van der Waals surface area contributed by atoms with E-state index in [1.54, 1.807) is 0 Å². The highest BCUT2D eigenvalue weighted by atomic mass is 32.1. The minimum atomic E-state index is 0.705. The Kier molecular flexibility index (Phi) is 2.59. The maximum Gasteiger partial charge on any atom is 0.169 e. The molecule has 3 aliphatic rings. The van der Waals surface area contributed by atoms with Gasteiger partial charge in [-0.3, -0.25) is 0 Å². The highest BCUT2D eigenvalue weighted by molar-refractivity contribution is 7.80. The van der Waals surface area contributed by atoms with Gasteiger partial charge in [0, 0.05) is 19.1 Å². The SMILES string of the molecule is S=C(NC1CC2CCC1C2)N1CCCC1. The maximum atomic E-state index is 5.48. The first-order chi connectivity index (χ1) is 7.33. The van der Waals surface area contributed by atoms with Crippen molar-refractivity contribution in [2.75, 3.05) is 13.1 Å². The van der Waals surface area contributed by atoms with E-state index in [1.807, 2.05) is 0 Å². The number of thiocarbonyl (C=S) groups is 1. The molecule has 3 heteroatoms. The van der Waals surface area contributed by atoms with Gasteiger partial charge in [0.2, 0.25) is 0 Å². The zero-order valence-corrected chi connectivity index (χ0v) is 10.1. The fourth-order valence-corrected chi connectivity index (χ4v) is 3.93. The lowest BCUT2D eigenvalue weighted by Gasteiger charge is -2.28. The van der Waals surface area contributed by atoms with Crippen LogP contribution in [0.4, 0.5) is 0 Å². The van der Waals surface area contributed by atoms with Crippen LogP contribution in [0, 0.1) is 11.8 Å². The second kappa shape index (κ2) is 3.93. The standard InChI is InChI=1S/C12H20N2S/c15-12(14-5-1-2-6-14)13-11-8-9-3-4-10(11)7-9/h9-11H,1-8H2,(H,13,15). The summed E-state index contributed by atoms with van der Waals surface area (Å²) in [6.07, 6.45) is 8.38. The number of hydrogen-bond donors (Lipinski definition) is 1. The summed E-state index contributed by atoms with van der Waals surface area (Å²) < 4.78 is 0. The van der Waals surface area contributed by atoms with Gasteiger partial charge in [-0.15, -0.1) is 0 Å². The summed E-state index contributed by atoms with van der Waals surface area (Å²) in [4.78, 5) is 2.35. The Morgan fingerprint density at radius 2 is 1.93 bits per heavy atom. The number of likely N-dealkylation sites (tertiary alicyclic amines) is 1. The Hall–Kier alpha value is -0.310. The highest BCUT2D eigenvalue weighted by Crippen LogP contribution is 2.44. The Morgan fingerprint density at radius 1 is 1.13 bits per heavy atom. The summed E-state index contributed by atoms with van der Waals surface area (Å²) >= 11 is 5.48. The minimum Gasteiger partial charge on any atom is -0.360 e. The molecule has 3 unspecified atom stereocenters. The minimum absolute atomic E-state index is 0.705. The van der Waals surface area contributed by atoms with E-state index < -0.39 is 0 Å². The predicted molar refractivity (Wildman–Crippen MR) is 65.8 cm³/mol. The Bertz CT molecular complexity index is 260. The van der Waals surface area contributed by atoms with Crippen LogP contribution in [-0.4, -0.2) is 29.1 Å². The van der Waals surface area contributed by atoms with Gasteiger partial charge in [0.15, 0.2) is 5.11 Å². The predicted octanol–water partition coefficient (Wildman–Crippen LogP) is 2.15. The summed E-state index contributed by atoms with van der Waals surface area (Å²) in [5.41, 5.74) is 0. The molecule has 2 nitrogen and oxygen atoms in total. The number of nitrogens with zero attached hydrogens (tertiary/aromatic N) is 1. The van der Waals surface area contributed by atoms with Crippen LogP contribution >= 0.6 is 12.2 Å². The summed E-state index contributed by atoms with van der Waals surface area (Å²) in [5.74, 6) is 1.93. The number of hydrogen-bond acceptors (Lipinski definition) is 1. The Labute approximate surface area is 97.4 Å².